The molecule has 0 aromatic heterocycles. The molecule has 0 saturated carbocycles. The van der Waals surface area contributed by atoms with Crippen LogP contribution in [0, 0.1) is 0 Å². The highest BCUT2D eigenvalue weighted by Crippen LogP contribution is 2.06. The Bertz CT molecular complexity index is 558. The lowest BCUT2D eigenvalue weighted by atomic mass is 10.1. The first-order valence-corrected chi connectivity index (χ1v) is 8.90. The second kappa shape index (κ2) is 12.3. The number of carbonyl (C=O) groups is 1. The summed E-state index contributed by atoms with van der Waals surface area (Å²) in [4.78, 5) is 20.0. The van der Waals surface area contributed by atoms with Crippen molar-refractivity contribution in [2.75, 3.05) is 61.5 Å². The van der Waals surface area contributed by atoms with Crippen LogP contribution in [0.5, 0.6) is 0 Å². The van der Waals surface area contributed by atoms with E-state index in [1.807, 2.05) is 24.3 Å². The van der Waals surface area contributed by atoms with Crippen molar-refractivity contribution in [1.29, 1.82) is 0 Å². The molecule has 0 bridgehead atoms. The fraction of sp³-hybridized carbons (Fsp3) is 0.579. The minimum Gasteiger partial charge on any atom is -0.383 e. The quantitative estimate of drug-likeness (QED) is 0.369. The Hall–Kier alpha value is -2.12. The number of nitrogens with one attached hydrogen (secondary N) is 2. The zero-order valence-corrected chi connectivity index (χ0v) is 16.7. The highest BCUT2D eigenvalue weighted by Gasteiger charge is 2.07. The van der Waals surface area contributed by atoms with Crippen molar-refractivity contribution in [3.05, 3.63) is 35.4 Å². The predicted molar refractivity (Wildman–Crippen MR) is 107 cm³/mol. The fourth-order valence-corrected chi connectivity index (χ4v) is 2.34. The van der Waals surface area contributed by atoms with E-state index in [4.69, 9.17) is 4.74 Å². The molecule has 26 heavy (non-hydrogen) atoms. The van der Waals surface area contributed by atoms with Crippen LogP contribution in [-0.2, 0) is 11.3 Å². The molecular weight excluding hydrogens is 330 g/mol. The van der Waals surface area contributed by atoms with Gasteiger partial charge in [0.15, 0.2) is 5.96 Å². The van der Waals surface area contributed by atoms with E-state index in [2.05, 4.69) is 27.6 Å². The summed E-state index contributed by atoms with van der Waals surface area (Å²) < 4.78 is 5.07. The van der Waals surface area contributed by atoms with Crippen molar-refractivity contribution in [1.82, 2.24) is 20.4 Å². The topological polar surface area (TPSA) is 69.2 Å². The minimum absolute atomic E-state index is 0.0115. The Labute approximate surface area is 157 Å². The highest BCUT2D eigenvalue weighted by atomic mass is 16.5. The molecule has 1 amide bonds. The molecular formula is C19H33N5O2. The monoisotopic (exact) mass is 363 g/mol. The second-order valence-electron chi connectivity index (χ2n) is 6.40. The molecule has 7 nitrogen and oxygen atoms in total. The molecule has 1 aromatic rings. The molecule has 146 valence electrons. The van der Waals surface area contributed by atoms with Crippen LogP contribution < -0.4 is 10.6 Å². The van der Waals surface area contributed by atoms with E-state index < -0.39 is 0 Å². The van der Waals surface area contributed by atoms with E-state index in [-0.39, 0.29) is 5.91 Å². The van der Waals surface area contributed by atoms with Gasteiger partial charge in [-0.2, -0.15) is 0 Å². The number of likely N-dealkylation sites (N-methyl/N-ethyl adjacent to an activating group) is 1. The normalized spacial score (nSPS) is 11.5. The Balaban J connectivity index is 2.32. The van der Waals surface area contributed by atoms with Gasteiger partial charge in [0, 0.05) is 53.5 Å². The molecule has 2 N–H and O–H groups in total. The predicted octanol–water partition coefficient (Wildman–Crippen LogP) is 1.02. The lowest BCUT2D eigenvalue weighted by molar-refractivity contribution is 0.0827. The first-order valence-electron chi connectivity index (χ1n) is 8.90. The summed E-state index contributed by atoms with van der Waals surface area (Å²) in [7, 11) is 9.08. The number of hydrogen-bond donors (Lipinski definition) is 2. The van der Waals surface area contributed by atoms with Gasteiger partial charge in [0.05, 0.1) is 6.61 Å². The third-order valence-corrected chi connectivity index (χ3v) is 3.98. The van der Waals surface area contributed by atoms with Crippen LogP contribution in [0.1, 0.15) is 22.3 Å². The van der Waals surface area contributed by atoms with Gasteiger partial charge in [-0.15, -0.1) is 0 Å². The summed E-state index contributed by atoms with van der Waals surface area (Å²) in [6.07, 6.45) is 1.03. The molecule has 0 spiro atoms. The minimum atomic E-state index is 0.0115. The first-order chi connectivity index (χ1) is 12.5. The molecule has 0 aliphatic carbocycles. The fourth-order valence-electron chi connectivity index (χ4n) is 2.34. The Kier molecular flexibility index (Phi) is 10.3. The van der Waals surface area contributed by atoms with Gasteiger partial charge in [0.2, 0.25) is 0 Å². The van der Waals surface area contributed by atoms with Gasteiger partial charge in [0.1, 0.15) is 0 Å². The molecule has 0 unspecified atom stereocenters. The highest BCUT2D eigenvalue weighted by molar-refractivity contribution is 5.93. The van der Waals surface area contributed by atoms with Crippen LogP contribution in [0.15, 0.2) is 29.3 Å². The number of carbonyl (C=O) groups excluding carboxylic acids is 1. The van der Waals surface area contributed by atoms with Crippen molar-refractivity contribution in [3.63, 3.8) is 0 Å². The summed E-state index contributed by atoms with van der Waals surface area (Å²) in [5, 5.41) is 6.61. The number of hydrogen-bond acceptors (Lipinski definition) is 4. The Morgan fingerprint density at radius 3 is 2.38 bits per heavy atom. The van der Waals surface area contributed by atoms with E-state index in [9.17, 15) is 4.79 Å². The van der Waals surface area contributed by atoms with Crippen molar-refractivity contribution >= 4 is 11.9 Å². The van der Waals surface area contributed by atoms with Gasteiger partial charge in [0.25, 0.3) is 5.91 Å². The number of aliphatic imine (C=N–C) groups is 1. The molecule has 1 rings (SSSR count). The van der Waals surface area contributed by atoms with E-state index in [0.717, 1.165) is 44.2 Å². The molecule has 0 fully saturated rings. The summed E-state index contributed by atoms with van der Waals surface area (Å²) in [5.41, 5.74) is 1.79. The number of ether oxygens (including phenoxy) is 1. The van der Waals surface area contributed by atoms with Gasteiger partial charge >= 0.3 is 0 Å². The zero-order chi connectivity index (χ0) is 19.4. The molecule has 0 heterocycles. The van der Waals surface area contributed by atoms with Crippen molar-refractivity contribution in [2.24, 2.45) is 4.99 Å². The smallest absolute Gasteiger partial charge is 0.253 e. The van der Waals surface area contributed by atoms with E-state index in [1.165, 1.54) is 0 Å². The third-order valence-electron chi connectivity index (χ3n) is 3.98. The largest absolute Gasteiger partial charge is 0.383 e. The maximum atomic E-state index is 11.9. The van der Waals surface area contributed by atoms with Crippen LogP contribution in [0.2, 0.25) is 0 Å². The first kappa shape index (κ1) is 21.9. The van der Waals surface area contributed by atoms with Gasteiger partial charge in [-0.1, -0.05) is 12.1 Å². The number of guanidine groups is 1. The van der Waals surface area contributed by atoms with Crippen LogP contribution in [-0.4, -0.2) is 83.2 Å². The number of nitrogens with zero attached hydrogens (tertiary/aromatic N) is 3. The van der Waals surface area contributed by atoms with Gasteiger partial charge in [-0.25, -0.2) is 0 Å². The second-order valence-corrected chi connectivity index (χ2v) is 6.40. The van der Waals surface area contributed by atoms with Crippen molar-refractivity contribution in [2.45, 2.75) is 13.0 Å². The third kappa shape index (κ3) is 8.31. The van der Waals surface area contributed by atoms with E-state index >= 15 is 0 Å². The molecule has 0 aliphatic rings. The maximum absolute atomic E-state index is 11.9. The average molecular weight is 364 g/mol. The van der Waals surface area contributed by atoms with E-state index in [0.29, 0.717) is 12.1 Å². The van der Waals surface area contributed by atoms with Crippen molar-refractivity contribution < 1.29 is 9.53 Å². The SMILES string of the molecule is CN=C(NCCCN(C)CCOC)NCc1ccc(C(=O)N(C)C)cc1. The lowest BCUT2D eigenvalue weighted by Crippen LogP contribution is -2.38. The van der Waals surface area contributed by atoms with Crippen LogP contribution >= 0.6 is 0 Å². The lowest BCUT2D eigenvalue weighted by Gasteiger charge is -2.17. The number of benzene rings is 1. The van der Waals surface area contributed by atoms with Crippen LogP contribution in [0.4, 0.5) is 0 Å². The summed E-state index contributed by atoms with van der Waals surface area (Å²) >= 11 is 0. The van der Waals surface area contributed by atoms with Crippen molar-refractivity contribution in [3.8, 4) is 0 Å². The Morgan fingerprint density at radius 1 is 1.12 bits per heavy atom. The molecule has 0 aliphatic heterocycles. The average Bonchev–Trinajstić information content (AvgIpc) is 2.65. The summed E-state index contributed by atoms with van der Waals surface area (Å²) in [6, 6.07) is 7.63. The summed E-state index contributed by atoms with van der Waals surface area (Å²) in [5.74, 6) is 0.787. The summed E-state index contributed by atoms with van der Waals surface area (Å²) in [6.45, 7) is 4.22. The van der Waals surface area contributed by atoms with Gasteiger partial charge in [-0.05, 0) is 37.7 Å². The maximum Gasteiger partial charge on any atom is 0.253 e. The molecule has 0 radical (unpaired) electrons. The standard InChI is InChI=1S/C19H33N5O2/c1-20-19(21-11-6-12-24(4)13-14-26-5)22-15-16-7-9-17(10-8-16)18(25)23(2)3/h7-10H,6,11-15H2,1-5H3,(H2,20,21,22). The van der Waals surface area contributed by atoms with Gasteiger partial charge in [-0.3, -0.25) is 9.79 Å². The van der Waals surface area contributed by atoms with Gasteiger partial charge < -0.3 is 25.2 Å². The van der Waals surface area contributed by atoms with Crippen LogP contribution in [0.25, 0.3) is 0 Å². The molecule has 1 aromatic carbocycles. The number of amides is 1. The molecule has 0 atom stereocenters. The molecule has 0 saturated heterocycles. The van der Waals surface area contributed by atoms with Crippen LogP contribution in [0.3, 0.4) is 0 Å². The van der Waals surface area contributed by atoms with E-state index in [1.54, 1.807) is 33.2 Å². The molecule has 7 heteroatoms. The number of methoxy groups -OCH3 is 1. The Morgan fingerprint density at radius 2 is 1.81 bits per heavy atom. The number of rotatable bonds is 10. The zero-order valence-electron chi connectivity index (χ0n) is 16.7.